The Morgan fingerprint density at radius 2 is 2.21 bits per heavy atom. The molecule has 3 nitrogen and oxygen atoms in total. The predicted octanol–water partition coefficient (Wildman–Crippen LogP) is 0.663. The van der Waals surface area contributed by atoms with Crippen LogP contribution in [0.4, 0.5) is 0 Å². The number of aliphatic hydroxyl groups is 1. The molecule has 0 aliphatic heterocycles. The van der Waals surface area contributed by atoms with E-state index in [1.54, 1.807) is 19.9 Å². The lowest BCUT2D eigenvalue weighted by atomic mass is 10.1. The summed E-state index contributed by atoms with van der Waals surface area (Å²) in [6, 6.07) is 5.48. The Morgan fingerprint density at radius 1 is 1.50 bits per heavy atom. The van der Waals surface area contributed by atoms with Gasteiger partial charge in [0.1, 0.15) is 11.3 Å². The molecule has 1 heterocycles. The van der Waals surface area contributed by atoms with Gasteiger partial charge in [0, 0.05) is 6.54 Å². The zero-order chi connectivity index (χ0) is 10.6. The summed E-state index contributed by atoms with van der Waals surface area (Å²) in [4.78, 5) is 4.18. The number of aromatic nitrogens is 1. The largest absolute Gasteiger partial charge is 0.378 e. The van der Waals surface area contributed by atoms with E-state index in [1.807, 2.05) is 12.1 Å². The van der Waals surface area contributed by atoms with Gasteiger partial charge in [-0.25, -0.2) is 4.98 Å². The van der Waals surface area contributed by atoms with Crippen molar-refractivity contribution in [2.24, 2.45) is 5.73 Å². The third kappa shape index (κ3) is 3.56. The Hall–Kier alpha value is -1.37. The van der Waals surface area contributed by atoms with Gasteiger partial charge in [-0.1, -0.05) is 12.0 Å². The number of hydrogen-bond donors (Lipinski definition) is 2. The topological polar surface area (TPSA) is 59.1 Å². The summed E-state index contributed by atoms with van der Waals surface area (Å²) in [5.74, 6) is 5.48. The van der Waals surface area contributed by atoms with Gasteiger partial charge in [0.15, 0.2) is 0 Å². The van der Waals surface area contributed by atoms with Gasteiger partial charge in [-0.2, -0.15) is 0 Å². The van der Waals surface area contributed by atoms with Crippen LogP contribution in [0.1, 0.15) is 25.2 Å². The highest BCUT2D eigenvalue weighted by Gasteiger charge is 2.05. The fraction of sp³-hybridized carbons (Fsp3) is 0.364. The predicted molar refractivity (Wildman–Crippen MR) is 55.3 cm³/mol. The van der Waals surface area contributed by atoms with E-state index in [9.17, 15) is 5.11 Å². The van der Waals surface area contributed by atoms with Gasteiger partial charge in [-0.05, 0) is 31.9 Å². The lowest BCUT2D eigenvalue weighted by Crippen LogP contribution is -2.14. The summed E-state index contributed by atoms with van der Waals surface area (Å²) in [6.07, 6.45) is 0. The van der Waals surface area contributed by atoms with Crippen molar-refractivity contribution in [2.45, 2.75) is 26.0 Å². The van der Waals surface area contributed by atoms with Gasteiger partial charge in [-0.3, -0.25) is 0 Å². The summed E-state index contributed by atoms with van der Waals surface area (Å²) in [6.45, 7) is 3.66. The van der Waals surface area contributed by atoms with E-state index < -0.39 is 5.60 Å². The van der Waals surface area contributed by atoms with Crippen LogP contribution >= 0.6 is 0 Å². The minimum atomic E-state index is -0.986. The molecule has 14 heavy (non-hydrogen) atoms. The summed E-state index contributed by atoms with van der Waals surface area (Å²) in [5, 5.41) is 9.38. The molecule has 0 aliphatic rings. The zero-order valence-electron chi connectivity index (χ0n) is 8.41. The number of nitrogens with two attached hydrogens (primary N) is 1. The lowest BCUT2D eigenvalue weighted by Gasteiger charge is -2.05. The molecule has 0 fully saturated rings. The summed E-state index contributed by atoms with van der Waals surface area (Å²) < 4.78 is 0. The number of rotatable bonds is 1. The van der Waals surface area contributed by atoms with Crippen molar-refractivity contribution in [1.29, 1.82) is 0 Å². The fourth-order valence-corrected chi connectivity index (χ4v) is 0.880. The maximum absolute atomic E-state index is 9.38. The summed E-state index contributed by atoms with van der Waals surface area (Å²) in [5.41, 5.74) is 5.89. The first-order valence-electron chi connectivity index (χ1n) is 4.43. The molecule has 0 aromatic carbocycles. The molecule has 0 atom stereocenters. The van der Waals surface area contributed by atoms with Crippen LogP contribution in [0.25, 0.3) is 0 Å². The monoisotopic (exact) mass is 190 g/mol. The van der Waals surface area contributed by atoms with Crippen molar-refractivity contribution in [3.63, 3.8) is 0 Å². The molecule has 1 aromatic rings. The molecule has 0 spiro atoms. The molecular formula is C11H14N2O. The standard InChI is InChI=1S/C11H14N2O/c1-11(2,14)7-6-9-4-3-5-10(8-12)13-9/h3-5,14H,8,12H2,1-2H3. The quantitative estimate of drug-likeness (QED) is 0.640. The summed E-state index contributed by atoms with van der Waals surface area (Å²) in [7, 11) is 0. The first-order valence-corrected chi connectivity index (χ1v) is 4.43. The van der Waals surface area contributed by atoms with E-state index in [1.165, 1.54) is 0 Å². The van der Waals surface area contributed by atoms with Crippen LogP contribution in [0.3, 0.4) is 0 Å². The second kappa shape index (κ2) is 4.23. The Kier molecular flexibility index (Phi) is 3.23. The third-order valence-electron chi connectivity index (χ3n) is 1.51. The fourth-order valence-electron chi connectivity index (χ4n) is 0.880. The molecule has 0 aliphatic carbocycles. The molecule has 0 saturated heterocycles. The molecule has 3 N–H and O–H groups in total. The number of pyridine rings is 1. The molecule has 0 radical (unpaired) electrons. The van der Waals surface area contributed by atoms with Crippen molar-refractivity contribution < 1.29 is 5.11 Å². The van der Waals surface area contributed by atoms with Crippen molar-refractivity contribution in [2.75, 3.05) is 0 Å². The van der Waals surface area contributed by atoms with Crippen LogP contribution in [-0.2, 0) is 6.54 Å². The second-order valence-electron chi connectivity index (χ2n) is 3.53. The van der Waals surface area contributed by atoms with Crippen LogP contribution in [0.2, 0.25) is 0 Å². The molecule has 0 bridgehead atoms. The zero-order valence-corrected chi connectivity index (χ0v) is 8.41. The molecule has 74 valence electrons. The SMILES string of the molecule is CC(C)(O)C#Cc1cccc(CN)n1. The lowest BCUT2D eigenvalue weighted by molar-refractivity contribution is 0.143. The molecule has 0 unspecified atom stereocenters. The Bertz CT molecular complexity index is 369. The number of nitrogens with zero attached hydrogens (tertiary/aromatic N) is 1. The molecule has 0 amide bonds. The van der Waals surface area contributed by atoms with E-state index in [0.717, 1.165) is 5.69 Å². The maximum Gasteiger partial charge on any atom is 0.120 e. The van der Waals surface area contributed by atoms with E-state index in [2.05, 4.69) is 16.8 Å². The Morgan fingerprint density at radius 3 is 2.79 bits per heavy atom. The van der Waals surface area contributed by atoms with Gasteiger partial charge in [0.05, 0.1) is 5.69 Å². The molecule has 0 saturated carbocycles. The van der Waals surface area contributed by atoms with E-state index in [4.69, 9.17) is 5.73 Å². The molecule has 3 heteroatoms. The van der Waals surface area contributed by atoms with Crippen molar-refractivity contribution in [1.82, 2.24) is 4.98 Å². The van der Waals surface area contributed by atoms with Gasteiger partial charge in [-0.15, -0.1) is 0 Å². The summed E-state index contributed by atoms with van der Waals surface area (Å²) >= 11 is 0. The highest BCUT2D eigenvalue weighted by Crippen LogP contribution is 2.00. The Balaban J connectivity index is 2.90. The van der Waals surface area contributed by atoms with Crippen LogP contribution in [0.5, 0.6) is 0 Å². The van der Waals surface area contributed by atoms with Crippen LogP contribution < -0.4 is 5.73 Å². The average molecular weight is 190 g/mol. The molecule has 1 aromatic heterocycles. The van der Waals surface area contributed by atoms with Crippen molar-refractivity contribution in [3.8, 4) is 11.8 Å². The molecular weight excluding hydrogens is 176 g/mol. The minimum absolute atomic E-state index is 0.401. The molecule has 1 rings (SSSR count). The van der Waals surface area contributed by atoms with Gasteiger partial charge in [0.25, 0.3) is 0 Å². The van der Waals surface area contributed by atoms with Crippen LogP contribution in [-0.4, -0.2) is 15.7 Å². The first-order chi connectivity index (χ1) is 6.51. The first kappa shape index (κ1) is 10.7. The van der Waals surface area contributed by atoms with Crippen LogP contribution in [0.15, 0.2) is 18.2 Å². The number of hydrogen-bond acceptors (Lipinski definition) is 3. The van der Waals surface area contributed by atoms with E-state index in [-0.39, 0.29) is 0 Å². The highest BCUT2D eigenvalue weighted by molar-refractivity contribution is 5.30. The minimum Gasteiger partial charge on any atom is -0.378 e. The van der Waals surface area contributed by atoms with Gasteiger partial charge >= 0.3 is 0 Å². The van der Waals surface area contributed by atoms with E-state index >= 15 is 0 Å². The van der Waals surface area contributed by atoms with Crippen molar-refractivity contribution in [3.05, 3.63) is 29.6 Å². The van der Waals surface area contributed by atoms with Gasteiger partial charge < -0.3 is 10.8 Å². The van der Waals surface area contributed by atoms with Crippen LogP contribution in [0, 0.1) is 11.8 Å². The third-order valence-corrected chi connectivity index (χ3v) is 1.51. The Labute approximate surface area is 84.0 Å². The average Bonchev–Trinajstić information content (AvgIpc) is 2.14. The normalized spacial score (nSPS) is 10.6. The maximum atomic E-state index is 9.38. The van der Waals surface area contributed by atoms with Crippen molar-refractivity contribution >= 4 is 0 Å². The van der Waals surface area contributed by atoms with Gasteiger partial charge in [0.2, 0.25) is 0 Å². The second-order valence-corrected chi connectivity index (χ2v) is 3.53. The highest BCUT2D eigenvalue weighted by atomic mass is 16.3. The van der Waals surface area contributed by atoms with E-state index in [0.29, 0.717) is 12.2 Å². The smallest absolute Gasteiger partial charge is 0.120 e.